The van der Waals surface area contributed by atoms with Gasteiger partial charge in [0.05, 0.1) is 23.7 Å². The number of amides is 1. The first-order valence-corrected chi connectivity index (χ1v) is 6.24. The molecule has 1 rings (SSSR count). The number of aliphatic hydroxyl groups excluding tert-OH is 2. The minimum atomic E-state index is -1.17. The van der Waals surface area contributed by atoms with Crippen LogP contribution < -0.4 is 5.32 Å². The van der Waals surface area contributed by atoms with Gasteiger partial charge in [-0.2, -0.15) is 0 Å². The van der Waals surface area contributed by atoms with Gasteiger partial charge in [-0.15, -0.1) is 0 Å². The highest BCUT2D eigenvalue weighted by Gasteiger charge is 2.29. The summed E-state index contributed by atoms with van der Waals surface area (Å²) in [7, 11) is 0. The van der Waals surface area contributed by atoms with E-state index in [1.165, 1.54) is 6.07 Å². The lowest BCUT2D eigenvalue weighted by Crippen LogP contribution is -2.53. The number of non-ortho nitro benzene ring substituents is 1. The van der Waals surface area contributed by atoms with Gasteiger partial charge in [-0.1, -0.05) is 18.5 Å². The van der Waals surface area contributed by atoms with Crippen LogP contribution >= 0.6 is 11.6 Å². The molecule has 0 atom stereocenters. The number of nitro benzene ring substituents is 1. The van der Waals surface area contributed by atoms with E-state index in [-0.39, 0.29) is 16.3 Å². The molecule has 3 N–H and O–H groups in total. The molecule has 0 fully saturated rings. The molecule has 8 heteroatoms. The maximum atomic E-state index is 12.0. The number of rotatable bonds is 6. The molecule has 0 bridgehead atoms. The Labute approximate surface area is 120 Å². The topological polar surface area (TPSA) is 113 Å². The SMILES string of the molecule is CCC(CO)(CO)NC(=O)c1cc(Cl)cc([N+](=O)[O-])c1. The molecule has 1 aromatic carbocycles. The summed E-state index contributed by atoms with van der Waals surface area (Å²) >= 11 is 5.73. The molecule has 0 saturated heterocycles. The van der Waals surface area contributed by atoms with Crippen LogP contribution in [0.3, 0.4) is 0 Å². The van der Waals surface area contributed by atoms with Crippen molar-refractivity contribution in [3.63, 3.8) is 0 Å². The quantitative estimate of drug-likeness (QED) is 0.538. The van der Waals surface area contributed by atoms with Crippen LogP contribution in [0.15, 0.2) is 18.2 Å². The van der Waals surface area contributed by atoms with Crippen LogP contribution in [0.2, 0.25) is 5.02 Å². The second-order valence-corrected chi connectivity index (χ2v) is 4.80. The van der Waals surface area contributed by atoms with Crippen LogP contribution in [0, 0.1) is 10.1 Å². The van der Waals surface area contributed by atoms with Gasteiger partial charge < -0.3 is 15.5 Å². The summed E-state index contributed by atoms with van der Waals surface area (Å²) in [6, 6.07) is 3.49. The van der Waals surface area contributed by atoms with E-state index in [1.807, 2.05) is 0 Å². The zero-order valence-electron chi connectivity index (χ0n) is 10.8. The van der Waals surface area contributed by atoms with Gasteiger partial charge in [-0.3, -0.25) is 14.9 Å². The molecule has 0 saturated carbocycles. The fraction of sp³-hybridized carbons (Fsp3) is 0.417. The van der Waals surface area contributed by atoms with Crippen LogP contribution in [-0.2, 0) is 0 Å². The molecular formula is C12H15ClN2O5. The van der Waals surface area contributed by atoms with Gasteiger partial charge in [-0.05, 0) is 12.5 Å². The smallest absolute Gasteiger partial charge is 0.271 e. The molecule has 0 aromatic heterocycles. The Bertz CT molecular complexity index is 508. The average Bonchev–Trinajstić information content (AvgIpc) is 2.44. The lowest BCUT2D eigenvalue weighted by molar-refractivity contribution is -0.384. The number of benzene rings is 1. The molecule has 0 aliphatic carbocycles. The Morgan fingerprint density at radius 2 is 2.00 bits per heavy atom. The molecule has 0 radical (unpaired) electrons. The lowest BCUT2D eigenvalue weighted by atomic mass is 9.97. The number of nitrogens with one attached hydrogen (secondary N) is 1. The van der Waals surface area contributed by atoms with Crippen LogP contribution in [-0.4, -0.2) is 39.8 Å². The number of carbonyl (C=O) groups is 1. The van der Waals surface area contributed by atoms with Crippen molar-refractivity contribution in [2.75, 3.05) is 13.2 Å². The predicted octanol–water partition coefficient (Wildman–Crippen LogP) is 1.11. The molecule has 7 nitrogen and oxygen atoms in total. The van der Waals surface area contributed by atoms with Gasteiger partial charge in [-0.25, -0.2) is 0 Å². The molecule has 0 aliphatic rings. The van der Waals surface area contributed by atoms with Crippen molar-refractivity contribution < 1.29 is 19.9 Å². The number of hydrogen-bond donors (Lipinski definition) is 3. The van der Waals surface area contributed by atoms with E-state index in [0.717, 1.165) is 12.1 Å². The van der Waals surface area contributed by atoms with Gasteiger partial charge in [0, 0.05) is 22.7 Å². The van der Waals surface area contributed by atoms with Crippen molar-refractivity contribution in [2.45, 2.75) is 18.9 Å². The number of aliphatic hydroxyl groups is 2. The highest BCUT2D eigenvalue weighted by molar-refractivity contribution is 6.31. The maximum absolute atomic E-state index is 12.0. The summed E-state index contributed by atoms with van der Waals surface area (Å²) in [5, 5.41) is 31.8. The summed E-state index contributed by atoms with van der Waals surface area (Å²) in [6.07, 6.45) is 0.300. The van der Waals surface area contributed by atoms with Crippen LogP contribution in [0.1, 0.15) is 23.7 Å². The largest absolute Gasteiger partial charge is 0.394 e. The highest BCUT2D eigenvalue weighted by atomic mass is 35.5. The third-order valence-corrected chi connectivity index (χ3v) is 3.23. The molecule has 0 spiro atoms. The summed E-state index contributed by atoms with van der Waals surface area (Å²) in [6.45, 7) is 0.788. The van der Waals surface area contributed by atoms with Gasteiger partial charge >= 0.3 is 0 Å². The molecule has 20 heavy (non-hydrogen) atoms. The summed E-state index contributed by atoms with van der Waals surface area (Å²) < 4.78 is 0. The molecule has 0 unspecified atom stereocenters. The zero-order valence-corrected chi connectivity index (χ0v) is 11.6. The molecule has 110 valence electrons. The second-order valence-electron chi connectivity index (χ2n) is 4.36. The van der Waals surface area contributed by atoms with Crippen molar-refractivity contribution in [3.05, 3.63) is 38.9 Å². The molecule has 1 amide bonds. The second kappa shape index (κ2) is 6.65. The third-order valence-electron chi connectivity index (χ3n) is 3.02. The fourth-order valence-electron chi connectivity index (χ4n) is 1.56. The lowest BCUT2D eigenvalue weighted by Gasteiger charge is -2.29. The van der Waals surface area contributed by atoms with Crippen molar-refractivity contribution >= 4 is 23.2 Å². The van der Waals surface area contributed by atoms with Crippen LogP contribution in [0.5, 0.6) is 0 Å². The third kappa shape index (κ3) is 3.66. The predicted molar refractivity (Wildman–Crippen MR) is 72.8 cm³/mol. The Morgan fingerprint density at radius 3 is 2.45 bits per heavy atom. The van der Waals surface area contributed by atoms with Gasteiger partial charge in [0.25, 0.3) is 11.6 Å². The minimum Gasteiger partial charge on any atom is -0.394 e. The molecule has 0 aliphatic heterocycles. The van der Waals surface area contributed by atoms with Gasteiger partial charge in [0.15, 0.2) is 0 Å². The zero-order chi connectivity index (χ0) is 15.3. The van der Waals surface area contributed by atoms with E-state index < -0.39 is 29.6 Å². The molecule has 0 heterocycles. The molecule has 1 aromatic rings. The van der Waals surface area contributed by atoms with Crippen molar-refractivity contribution in [2.24, 2.45) is 0 Å². The average molecular weight is 303 g/mol. The van der Waals surface area contributed by atoms with Crippen molar-refractivity contribution in [1.82, 2.24) is 5.32 Å². The first kappa shape index (κ1) is 16.4. The minimum absolute atomic E-state index is 0.0103. The number of nitrogens with zero attached hydrogens (tertiary/aromatic N) is 1. The summed E-state index contributed by atoms with van der Waals surface area (Å²) in [5.74, 6) is -0.652. The number of hydrogen-bond acceptors (Lipinski definition) is 5. The monoisotopic (exact) mass is 302 g/mol. The van der Waals surface area contributed by atoms with Crippen LogP contribution in [0.25, 0.3) is 0 Å². The van der Waals surface area contributed by atoms with Crippen molar-refractivity contribution in [1.29, 1.82) is 0 Å². The standard InChI is InChI=1S/C12H15ClN2O5/c1-2-12(6-16,7-17)14-11(18)8-3-9(13)5-10(4-8)15(19)20/h3-5,16-17H,2,6-7H2,1H3,(H,14,18). The normalized spacial score (nSPS) is 11.2. The van der Waals surface area contributed by atoms with E-state index in [1.54, 1.807) is 6.92 Å². The van der Waals surface area contributed by atoms with E-state index in [0.29, 0.717) is 6.42 Å². The van der Waals surface area contributed by atoms with Crippen LogP contribution in [0.4, 0.5) is 5.69 Å². The van der Waals surface area contributed by atoms with Gasteiger partial charge in [0.1, 0.15) is 0 Å². The maximum Gasteiger partial charge on any atom is 0.271 e. The van der Waals surface area contributed by atoms with Crippen molar-refractivity contribution in [3.8, 4) is 0 Å². The fourth-order valence-corrected chi connectivity index (χ4v) is 1.79. The Balaban J connectivity index is 3.06. The Hall–Kier alpha value is -1.70. The highest BCUT2D eigenvalue weighted by Crippen LogP contribution is 2.21. The Kier molecular flexibility index (Phi) is 5.43. The Morgan fingerprint density at radius 1 is 1.40 bits per heavy atom. The van der Waals surface area contributed by atoms with E-state index >= 15 is 0 Å². The summed E-state index contributed by atoms with van der Waals surface area (Å²) in [4.78, 5) is 22.1. The first-order valence-electron chi connectivity index (χ1n) is 5.86. The summed E-state index contributed by atoms with van der Waals surface area (Å²) in [5.41, 5.74) is -1.49. The van der Waals surface area contributed by atoms with E-state index in [2.05, 4.69) is 5.32 Å². The first-order chi connectivity index (χ1) is 9.37. The van der Waals surface area contributed by atoms with Gasteiger partial charge in [0.2, 0.25) is 0 Å². The van der Waals surface area contributed by atoms with E-state index in [9.17, 15) is 25.1 Å². The number of carbonyl (C=O) groups excluding carboxylic acids is 1. The number of halogens is 1. The molecular weight excluding hydrogens is 288 g/mol. The van der Waals surface area contributed by atoms with E-state index in [4.69, 9.17) is 11.6 Å². The number of nitro groups is 1.